The van der Waals surface area contributed by atoms with Gasteiger partial charge in [0.1, 0.15) is 17.7 Å². The normalized spacial score (nSPS) is 15.9. The van der Waals surface area contributed by atoms with Gasteiger partial charge in [0.25, 0.3) is 0 Å². The van der Waals surface area contributed by atoms with Crippen LogP contribution in [0.2, 0.25) is 0 Å². The summed E-state index contributed by atoms with van der Waals surface area (Å²) < 4.78 is 31.6. The van der Waals surface area contributed by atoms with E-state index in [1.54, 1.807) is 6.92 Å². The van der Waals surface area contributed by atoms with Crippen LogP contribution in [0.1, 0.15) is 19.8 Å². The molecule has 0 aliphatic heterocycles. The van der Waals surface area contributed by atoms with Crippen molar-refractivity contribution in [3.63, 3.8) is 0 Å². The first-order chi connectivity index (χ1) is 9.60. The fraction of sp³-hybridized carbons (Fsp3) is 0.500. The number of nitrogens with one attached hydrogen (secondary N) is 1. The van der Waals surface area contributed by atoms with Gasteiger partial charge in [-0.15, -0.1) is 11.8 Å². The van der Waals surface area contributed by atoms with Gasteiger partial charge in [0.15, 0.2) is 0 Å². The van der Waals surface area contributed by atoms with E-state index in [1.165, 1.54) is 0 Å². The highest BCUT2D eigenvalue weighted by atomic mass is 32.2. The summed E-state index contributed by atoms with van der Waals surface area (Å²) in [4.78, 5) is 12.0. The zero-order chi connectivity index (χ0) is 14.5. The van der Waals surface area contributed by atoms with Crippen molar-refractivity contribution in [2.45, 2.75) is 36.7 Å². The molecule has 0 saturated heterocycles. The Morgan fingerprint density at radius 1 is 1.50 bits per heavy atom. The van der Waals surface area contributed by atoms with E-state index < -0.39 is 17.7 Å². The van der Waals surface area contributed by atoms with Crippen molar-refractivity contribution < 1.29 is 18.3 Å². The highest BCUT2D eigenvalue weighted by Crippen LogP contribution is 2.25. The Balaban J connectivity index is 1.96. The van der Waals surface area contributed by atoms with E-state index in [1.807, 2.05) is 0 Å². The molecule has 0 radical (unpaired) electrons. The second kappa shape index (κ2) is 7.04. The van der Waals surface area contributed by atoms with Crippen molar-refractivity contribution in [2.75, 3.05) is 12.4 Å². The molecule has 20 heavy (non-hydrogen) atoms. The van der Waals surface area contributed by atoms with Crippen molar-refractivity contribution in [1.29, 1.82) is 0 Å². The first-order valence-corrected chi connectivity index (χ1v) is 7.59. The molecule has 1 saturated carbocycles. The summed E-state index contributed by atoms with van der Waals surface area (Å²) in [6, 6.07) is 3.15. The highest BCUT2D eigenvalue weighted by molar-refractivity contribution is 7.99. The van der Waals surface area contributed by atoms with Crippen LogP contribution in [0, 0.1) is 11.6 Å². The molecule has 0 spiro atoms. The van der Waals surface area contributed by atoms with Gasteiger partial charge in [-0.25, -0.2) is 8.78 Å². The molecular formula is C14H17F2NO2S. The standard InChI is InChI=1S/C14H17F2NO2S/c1-2-19-14(18)12(17-10-4-5-10)8-20-13-7-9(15)3-6-11(13)16/h3,6-7,10,12,17H,2,4-5,8H2,1H3. The second-order valence-electron chi connectivity index (χ2n) is 4.63. The second-order valence-corrected chi connectivity index (χ2v) is 5.69. The van der Waals surface area contributed by atoms with Crippen LogP contribution in [0.15, 0.2) is 23.1 Å². The first kappa shape index (κ1) is 15.3. The molecule has 1 aliphatic rings. The van der Waals surface area contributed by atoms with Crippen LogP contribution < -0.4 is 5.32 Å². The van der Waals surface area contributed by atoms with Crippen molar-refractivity contribution in [3.05, 3.63) is 29.8 Å². The minimum Gasteiger partial charge on any atom is -0.465 e. The van der Waals surface area contributed by atoms with E-state index in [0.29, 0.717) is 18.4 Å². The molecule has 0 bridgehead atoms. The molecule has 0 amide bonds. The van der Waals surface area contributed by atoms with Gasteiger partial charge in [0, 0.05) is 16.7 Å². The lowest BCUT2D eigenvalue weighted by molar-refractivity contribution is -0.145. The van der Waals surface area contributed by atoms with Gasteiger partial charge in [-0.2, -0.15) is 0 Å². The number of halogens is 2. The number of carbonyl (C=O) groups excluding carboxylic acids is 1. The number of hydrogen-bond acceptors (Lipinski definition) is 4. The number of benzene rings is 1. The topological polar surface area (TPSA) is 38.3 Å². The summed E-state index contributed by atoms with van der Waals surface area (Å²) in [6.07, 6.45) is 2.07. The van der Waals surface area contributed by atoms with Crippen LogP contribution in [-0.2, 0) is 9.53 Å². The van der Waals surface area contributed by atoms with Gasteiger partial charge < -0.3 is 10.1 Å². The predicted octanol–water partition coefficient (Wildman–Crippen LogP) is 2.74. The Morgan fingerprint density at radius 3 is 2.90 bits per heavy atom. The van der Waals surface area contributed by atoms with Crippen molar-refractivity contribution in [3.8, 4) is 0 Å². The highest BCUT2D eigenvalue weighted by Gasteiger charge is 2.29. The molecule has 1 aromatic carbocycles. The SMILES string of the molecule is CCOC(=O)C(CSc1cc(F)ccc1F)NC1CC1. The molecule has 3 nitrogen and oxygen atoms in total. The van der Waals surface area contributed by atoms with E-state index in [-0.39, 0.29) is 10.9 Å². The summed E-state index contributed by atoms with van der Waals surface area (Å²) in [5, 5.41) is 3.17. The van der Waals surface area contributed by atoms with Gasteiger partial charge in [0.05, 0.1) is 6.61 Å². The van der Waals surface area contributed by atoms with Crippen LogP contribution in [0.25, 0.3) is 0 Å². The average Bonchev–Trinajstić information content (AvgIpc) is 3.22. The van der Waals surface area contributed by atoms with E-state index in [0.717, 1.165) is 42.8 Å². The lowest BCUT2D eigenvalue weighted by Crippen LogP contribution is -2.41. The number of thioether (sulfide) groups is 1. The van der Waals surface area contributed by atoms with Crippen LogP contribution in [0.4, 0.5) is 8.78 Å². The van der Waals surface area contributed by atoms with Crippen LogP contribution in [0.3, 0.4) is 0 Å². The van der Waals surface area contributed by atoms with Gasteiger partial charge in [-0.05, 0) is 38.0 Å². The number of carbonyl (C=O) groups is 1. The minimum absolute atomic E-state index is 0.205. The third-order valence-corrected chi connectivity index (χ3v) is 4.01. The summed E-state index contributed by atoms with van der Waals surface area (Å²) in [7, 11) is 0. The molecule has 1 fully saturated rings. The van der Waals surface area contributed by atoms with Gasteiger partial charge in [0.2, 0.25) is 0 Å². The molecule has 6 heteroatoms. The van der Waals surface area contributed by atoms with E-state index in [9.17, 15) is 13.6 Å². The third kappa shape index (κ3) is 4.45. The number of rotatable bonds is 7. The lowest BCUT2D eigenvalue weighted by Gasteiger charge is -2.16. The molecule has 2 rings (SSSR count). The molecule has 110 valence electrons. The van der Waals surface area contributed by atoms with Crippen LogP contribution in [-0.4, -0.2) is 30.4 Å². The molecule has 1 aliphatic carbocycles. The Labute approximate surface area is 121 Å². The maximum atomic E-state index is 13.5. The van der Waals surface area contributed by atoms with Crippen LogP contribution in [0.5, 0.6) is 0 Å². The van der Waals surface area contributed by atoms with Gasteiger partial charge in [-0.3, -0.25) is 4.79 Å². The van der Waals surface area contributed by atoms with E-state index in [2.05, 4.69) is 5.32 Å². The smallest absolute Gasteiger partial charge is 0.324 e. The molecule has 1 N–H and O–H groups in total. The third-order valence-electron chi connectivity index (χ3n) is 2.88. The summed E-state index contributed by atoms with van der Waals surface area (Å²) >= 11 is 1.11. The summed E-state index contributed by atoms with van der Waals surface area (Å²) in [5.74, 6) is -0.999. The molecule has 1 atom stereocenters. The van der Waals surface area contributed by atoms with Crippen molar-refractivity contribution in [2.24, 2.45) is 0 Å². The Hall–Kier alpha value is -1.14. The van der Waals surface area contributed by atoms with Gasteiger partial charge >= 0.3 is 5.97 Å². The first-order valence-electron chi connectivity index (χ1n) is 6.60. The molecule has 0 heterocycles. The maximum Gasteiger partial charge on any atom is 0.324 e. The van der Waals surface area contributed by atoms with Gasteiger partial charge in [-0.1, -0.05) is 0 Å². The fourth-order valence-electron chi connectivity index (χ4n) is 1.72. The van der Waals surface area contributed by atoms with Crippen molar-refractivity contribution in [1.82, 2.24) is 5.32 Å². The average molecular weight is 301 g/mol. The van der Waals surface area contributed by atoms with Crippen molar-refractivity contribution >= 4 is 17.7 Å². The molecule has 1 aromatic rings. The summed E-state index contributed by atoms with van der Waals surface area (Å²) in [5.41, 5.74) is 0. The summed E-state index contributed by atoms with van der Waals surface area (Å²) in [6.45, 7) is 2.05. The fourth-order valence-corrected chi connectivity index (χ4v) is 2.70. The monoisotopic (exact) mass is 301 g/mol. The van der Waals surface area contributed by atoms with E-state index >= 15 is 0 Å². The Morgan fingerprint density at radius 2 is 2.25 bits per heavy atom. The van der Waals surface area contributed by atoms with E-state index in [4.69, 9.17) is 4.74 Å². The maximum absolute atomic E-state index is 13.5. The van der Waals surface area contributed by atoms with Crippen LogP contribution >= 0.6 is 11.8 Å². The quantitative estimate of drug-likeness (QED) is 0.621. The molecule has 0 aromatic heterocycles. The zero-order valence-electron chi connectivity index (χ0n) is 11.2. The number of hydrogen-bond donors (Lipinski definition) is 1. The number of ether oxygens (including phenoxy) is 1. The predicted molar refractivity (Wildman–Crippen MR) is 73.7 cm³/mol. The molecule has 1 unspecified atom stereocenters. The lowest BCUT2D eigenvalue weighted by atomic mass is 10.3. The molecular weight excluding hydrogens is 284 g/mol. The Bertz CT molecular complexity index is 480. The number of esters is 1. The minimum atomic E-state index is -0.491. The Kier molecular flexibility index (Phi) is 5.37. The zero-order valence-corrected chi connectivity index (χ0v) is 12.0. The largest absolute Gasteiger partial charge is 0.465 e.